The van der Waals surface area contributed by atoms with Gasteiger partial charge in [0.05, 0.1) is 47.3 Å². The van der Waals surface area contributed by atoms with Crippen molar-refractivity contribution >= 4 is 20.6 Å². The lowest BCUT2D eigenvalue weighted by Gasteiger charge is -2.15. The summed E-state index contributed by atoms with van der Waals surface area (Å²) in [5.41, 5.74) is 0.438. The maximum atomic E-state index is 13.3. The van der Waals surface area contributed by atoms with Crippen LogP contribution in [0.5, 0.6) is 5.75 Å². The Morgan fingerprint density at radius 3 is 2.39 bits per heavy atom. The lowest BCUT2D eigenvalue weighted by Crippen LogP contribution is -2.08. The first-order valence-electron chi connectivity index (χ1n) is 11.9. The van der Waals surface area contributed by atoms with Gasteiger partial charge in [-0.1, -0.05) is 18.2 Å². The largest absolute Gasteiger partial charge is 0.496 e. The maximum Gasteiger partial charge on any atom is 0.416 e. The van der Waals surface area contributed by atoms with Crippen molar-refractivity contribution in [3.63, 3.8) is 0 Å². The van der Waals surface area contributed by atoms with Crippen LogP contribution in [-0.2, 0) is 21.8 Å². The number of fused-ring (bicyclic) bond motifs is 1. The van der Waals surface area contributed by atoms with Gasteiger partial charge >= 0.3 is 6.18 Å². The Balaban J connectivity index is 1.59. The molecule has 5 aromatic rings. The zero-order chi connectivity index (χ0) is 29.4. The minimum atomic E-state index is -4.56. The van der Waals surface area contributed by atoms with E-state index < -0.39 is 33.1 Å². The van der Waals surface area contributed by atoms with Gasteiger partial charge in [-0.3, -0.25) is 4.98 Å². The quantitative estimate of drug-likeness (QED) is 0.216. The number of nitrogens with zero attached hydrogens (tertiary/aromatic N) is 4. The molecule has 0 unspecified atom stereocenters. The van der Waals surface area contributed by atoms with Gasteiger partial charge in [0.25, 0.3) is 0 Å². The third-order valence-corrected chi connectivity index (χ3v) is 7.91. The lowest BCUT2D eigenvalue weighted by molar-refractivity contribution is -0.137. The van der Waals surface area contributed by atoms with Crippen LogP contribution in [-0.4, -0.2) is 30.5 Å². The third kappa shape index (κ3) is 5.57. The predicted octanol–water partition coefficient (Wildman–Crippen LogP) is 6.37. The highest BCUT2D eigenvalue weighted by atomic mass is 32.2. The Morgan fingerprint density at radius 2 is 1.71 bits per heavy atom. The molecule has 12 heteroatoms. The summed E-state index contributed by atoms with van der Waals surface area (Å²) >= 11 is 0. The number of aromatic nitrogens is 3. The van der Waals surface area contributed by atoms with Crippen LogP contribution < -0.4 is 4.74 Å². The lowest BCUT2D eigenvalue weighted by atomic mass is 9.94. The van der Waals surface area contributed by atoms with Crippen molar-refractivity contribution in [2.45, 2.75) is 16.8 Å². The number of sulfone groups is 1. The number of halogens is 4. The molecule has 5 rings (SSSR count). The molecule has 0 saturated carbocycles. The Bertz CT molecular complexity index is 1940. The molecule has 0 aliphatic heterocycles. The highest BCUT2D eigenvalue weighted by Gasteiger charge is 2.31. The van der Waals surface area contributed by atoms with Crippen molar-refractivity contribution in [3.8, 4) is 34.2 Å². The van der Waals surface area contributed by atoms with E-state index in [1.54, 1.807) is 12.1 Å². The molecule has 0 aliphatic carbocycles. The van der Waals surface area contributed by atoms with Gasteiger partial charge in [0.2, 0.25) is 0 Å². The van der Waals surface area contributed by atoms with Crippen molar-refractivity contribution in [1.29, 1.82) is 5.26 Å². The van der Waals surface area contributed by atoms with E-state index in [4.69, 9.17) is 4.74 Å². The van der Waals surface area contributed by atoms with E-state index in [2.05, 4.69) is 15.0 Å². The summed E-state index contributed by atoms with van der Waals surface area (Å²) < 4.78 is 84.6. The fraction of sp³-hybridized carbons (Fsp3) is 0.103. The van der Waals surface area contributed by atoms with Crippen LogP contribution >= 0.6 is 0 Å². The number of nitriles is 1. The van der Waals surface area contributed by atoms with Crippen molar-refractivity contribution in [2.24, 2.45) is 0 Å². The Labute approximate surface area is 231 Å². The minimum Gasteiger partial charge on any atom is -0.496 e. The zero-order valence-corrected chi connectivity index (χ0v) is 22.0. The van der Waals surface area contributed by atoms with E-state index in [1.165, 1.54) is 49.7 Å². The number of benzene rings is 3. The second-order valence-corrected chi connectivity index (χ2v) is 10.9. The minimum absolute atomic E-state index is 0.0142. The van der Waals surface area contributed by atoms with Gasteiger partial charge < -0.3 is 4.74 Å². The molecule has 0 bridgehead atoms. The van der Waals surface area contributed by atoms with Crippen LogP contribution in [0.3, 0.4) is 0 Å². The molecule has 206 valence electrons. The van der Waals surface area contributed by atoms with Gasteiger partial charge in [-0.2, -0.15) is 18.4 Å². The number of pyridine rings is 1. The smallest absolute Gasteiger partial charge is 0.416 e. The summed E-state index contributed by atoms with van der Waals surface area (Å²) in [7, 11) is -2.50. The molecule has 2 heterocycles. The summed E-state index contributed by atoms with van der Waals surface area (Å²) in [6.45, 7) is 0. The van der Waals surface area contributed by atoms with Gasteiger partial charge in [-0.05, 0) is 53.4 Å². The van der Waals surface area contributed by atoms with E-state index >= 15 is 0 Å². The SMILES string of the molecule is COc1cc(-c2cccc(C(F)(F)F)c2)c(C#N)cc1-c1nccc2cc(S(=O)(=O)Cc3ncc(F)cn3)ccc12. The molecule has 3 aromatic carbocycles. The number of rotatable bonds is 6. The van der Waals surface area contributed by atoms with E-state index in [0.717, 1.165) is 24.5 Å². The summed E-state index contributed by atoms with van der Waals surface area (Å²) in [6, 6.07) is 15.7. The molecule has 2 aromatic heterocycles. The van der Waals surface area contributed by atoms with Gasteiger partial charge in [0.15, 0.2) is 15.7 Å². The molecular weight excluding hydrogens is 560 g/mol. The Hall–Kier alpha value is -4.89. The van der Waals surface area contributed by atoms with Crippen LogP contribution in [0.4, 0.5) is 17.6 Å². The van der Waals surface area contributed by atoms with Crippen LogP contribution in [0.2, 0.25) is 0 Å². The third-order valence-electron chi connectivity index (χ3n) is 6.30. The fourth-order valence-electron chi connectivity index (χ4n) is 4.36. The van der Waals surface area contributed by atoms with Gasteiger partial charge in [-0.25, -0.2) is 22.8 Å². The van der Waals surface area contributed by atoms with Gasteiger partial charge in [0.1, 0.15) is 17.3 Å². The molecule has 0 aliphatic rings. The van der Waals surface area contributed by atoms with E-state index in [0.29, 0.717) is 22.0 Å². The first-order valence-corrected chi connectivity index (χ1v) is 13.5. The standard InChI is InChI=1S/C29H18F4N4O3S/c1-40-26-12-24(17-3-2-4-20(9-17)29(31,32)33)19(13-34)11-25(26)28-23-6-5-22(10-18(23)7-8-35-28)41(38,39)16-27-36-14-21(30)15-37-27/h2-12,14-15H,16H2,1H3. The first-order chi connectivity index (χ1) is 19.5. The molecule has 0 saturated heterocycles. The molecule has 0 spiro atoms. The molecular formula is C29H18F4N4O3S. The van der Waals surface area contributed by atoms with Crippen molar-refractivity contribution in [2.75, 3.05) is 7.11 Å². The van der Waals surface area contributed by atoms with E-state index in [-0.39, 0.29) is 33.2 Å². The van der Waals surface area contributed by atoms with Crippen LogP contribution in [0.1, 0.15) is 17.0 Å². The molecule has 0 radical (unpaired) electrons. The van der Waals surface area contributed by atoms with Crippen LogP contribution in [0, 0.1) is 17.1 Å². The van der Waals surface area contributed by atoms with Crippen molar-refractivity contribution in [1.82, 2.24) is 15.0 Å². The van der Waals surface area contributed by atoms with Crippen LogP contribution in [0.15, 0.2) is 84.1 Å². The Kier molecular flexibility index (Phi) is 7.15. The highest BCUT2D eigenvalue weighted by molar-refractivity contribution is 7.90. The van der Waals surface area contributed by atoms with E-state index in [9.17, 15) is 31.2 Å². The van der Waals surface area contributed by atoms with Crippen molar-refractivity contribution < 1.29 is 30.7 Å². The second-order valence-electron chi connectivity index (χ2n) is 8.91. The Morgan fingerprint density at radius 1 is 0.951 bits per heavy atom. The fourth-order valence-corrected chi connectivity index (χ4v) is 5.60. The summed E-state index contributed by atoms with van der Waals surface area (Å²) in [4.78, 5) is 11.9. The predicted molar refractivity (Wildman–Crippen MR) is 142 cm³/mol. The summed E-state index contributed by atoms with van der Waals surface area (Å²) in [5, 5.41) is 10.9. The number of methoxy groups -OCH3 is 1. The number of hydrogen-bond donors (Lipinski definition) is 0. The maximum absolute atomic E-state index is 13.3. The molecule has 0 fully saturated rings. The molecule has 7 nitrogen and oxygen atoms in total. The first kappa shape index (κ1) is 27.7. The molecule has 0 atom stereocenters. The topological polar surface area (TPSA) is 106 Å². The number of alkyl halides is 3. The molecule has 0 N–H and O–H groups in total. The van der Waals surface area contributed by atoms with Gasteiger partial charge in [-0.15, -0.1) is 0 Å². The molecule has 0 amide bonds. The monoisotopic (exact) mass is 578 g/mol. The molecule has 41 heavy (non-hydrogen) atoms. The average Bonchev–Trinajstić information content (AvgIpc) is 2.96. The number of ether oxygens (including phenoxy) is 1. The normalized spacial score (nSPS) is 11.8. The average molecular weight is 579 g/mol. The highest BCUT2D eigenvalue weighted by Crippen LogP contribution is 2.40. The van der Waals surface area contributed by atoms with Gasteiger partial charge in [0, 0.05) is 22.7 Å². The van der Waals surface area contributed by atoms with E-state index in [1.807, 2.05) is 6.07 Å². The summed E-state index contributed by atoms with van der Waals surface area (Å²) in [6.07, 6.45) is -1.32. The summed E-state index contributed by atoms with van der Waals surface area (Å²) in [5.74, 6) is -1.03. The van der Waals surface area contributed by atoms with Crippen molar-refractivity contribution in [3.05, 3.63) is 102 Å². The number of hydrogen-bond acceptors (Lipinski definition) is 7. The van der Waals surface area contributed by atoms with Crippen LogP contribution in [0.25, 0.3) is 33.2 Å². The second kappa shape index (κ2) is 10.6. The zero-order valence-electron chi connectivity index (χ0n) is 21.1.